The molecule has 0 aliphatic heterocycles. The average Bonchev–Trinajstić information content (AvgIpc) is 3.61. The monoisotopic (exact) mass is 663 g/mol. The first-order valence-electron chi connectivity index (χ1n) is 17.8. The van der Waals surface area contributed by atoms with E-state index in [1.54, 1.807) is 0 Å². The Hall–Kier alpha value is -6.90. The Morgan fingerprint density at radius 2 is 0.846 bits per heavy atom. The number of furan rings is 1. The van der Waals surface area contributed by atoms with Crippen molar-refractivity contribution in [3.05, 3.63) is 200 Å². The fraction of sp³-hybridized carbons (Fsp3) is 0. The molecule has 2 heteroatoms. The van der Waals surface area contributed by atoms with E-state index in [0.717, 1.165) is 49.8 Å². The summed E-state index contributed by atoms with van der Waals surface area (Å²) in [4.78, 5) is 2.39. The van der Waals surface area contributed by atoms with Crippen LogP contribution in [0.15, 0.2) is 205 Å². The molecule has 0 spiro atoms. The third-order valence-electron chi connectivity index (χ3n) is 10.2. The molecule has 0 fully saturated rings. The van der Waals surface area contributed by atoms with Crippen LogP contribution < -0.4 is 4.90 Å². The van der Waals surface area contributed by atoms with Crippen molar-refractivity contribution >= 4 is 60.5 Å². The van der Waals surface area contributed by atoms with Crippen molar-refractivity contribution in [3.63, 3.8) is 0 Å². The Bertz CT molecular complexity index is 2870. The van der Waals surface area contributed by atoms with Crippen LogP contribution in [0.4, 0.5) is 17.1 Å². The van der Waals surface area contributed by atoms with Gasteiger partial charge in [0.15, 0.2) is 0 Å². The predicted octanol–water partition coefficient (Wildman–Crippen LogP) is 14.4. The summed E-state index contributed by atoms with van der Waals surface area (Å²) in [6, 6.07) is 71.7. The van der Waals surface area contributed by atoms with Crippen LogP contribution >= 0.6 is 0 Å². The number of benzene rings is 9. The summed E-state index contributed by atoms with van der Waals surface area (Å²) in [6.07, 6.45) is 0. The largest absolute Gasteiger partial charge is 0.456 e. The lowest BCUT2D eigenvalue weighted by molar-refractivity contribution is 0.669. The van der Waals surface area contributed by atoms with Crippen LogP contribution in [0.1, 0.15) is 0 Å². The average molecular weight is 664 g/mol. The van der Waals surface area contributed by atoms with Gasteiger partial charge < -0.3 is 9.32 Å². The fourth-order valence-corrected chi connectivity index (χ4v) is 7.67. The van der Waals surface area contributed by atoms with Gasteiger partial charge in [0.05, 0.1) is 5.69 Å². The molecule has 1 heterocycles. The number of fused-ring (bicyclic) bond motifs is 6. The Morgan fingerprint density at radius 3 is 1.56 bits per heavy atom. The van der Waals surface area contributed by atoms with E-state index in [9.17, 15) is 0 Å². The first kappa shape index (κ1) is 30.0. The fourth-order valence-electron chi connectivity index (χ4n) is 7.67. The zero-order valence-electron chi connectivity index (χ0n) is 28.4. The lowest BCUT2D eigenvalue weighted by atomic mass is 9.98. The molecule has 0 atom stereocenters. The molecule has 10 aromatic rings. The lowest BCUT2D eigenvalue weighted by Crippen LogP contribution is -2.10. The molecule has 9 aromatic carbocycles. The predicted molar refractivity (Wildman–Crippen MR) is 220 cm³/mol. The van der Waals surface area contributed by atoms with Crippen LogP contribution in [-0.4, -0.2) is 0 Å². The van der Waals surface area contributed by atoms with Crippen molar-refractivity contribution in [2.75, 3.05) is 4.90 Å². The number of nitrogens with zero attached hydrogens (tertiary/aromatic N) is 1. The molecular weight excluding hydrogens is 631 g/mol. The normalized spacial score (nSPS) is 11.5. The topological polar surface area (TPSA) is 16.4 Å². The first-order chi connectivity index (χ1) is 25.8. The van der Waals surface area contributed by atoms with E-state index in [-0.39, 0.29) is 0 Å². The quantitative estimate of drug-likeness (QED) is 0.176. The van der Waals surface area contributed by atoms with Crippen molar-refractivity contribution in [2.45, 2.75) is 0 Å². The van der Waals surface area contributed by atoms with E-state index in [4.69, 9.17) is 4.42 Å². The molecule has 244 valence electrons. The van der Waals surface area contributed by atoms with Gasteiger partial charge in [-0.05, 0) is 110 Å². The van der Waals surface area contributed by atoms with Gasteiger partial charge in [-0.15, -0.1) is 0 Å². The van der Waals surface area contributed by atoms with E-state index < -0.39 is 0 Å². The highest BCUT2D eigenvalue weighted by molar-refractivity contribution is 6.21. The van der Waals surface area contributed by atoms with Crippen molar-refractivity contribution < 1.29 is 4.42 Å². The lowest BCUT2D eigenvalue weighted by Gasteiger charge is -2.27. The Balaban J connectivity index is 1.16. The summed E-state index contributed by atoms with van der Waals surface area (Å²) < 4.78 is 6.45. The molecule has 0 bridgehead atoms. The van der Waals surface area contributed by atoms with Gasteiger partial charge in [-0.1, -0.05) is 140 Å². The first-order valence-corrected chi connectivity index (χ1v) is 17.8. The smallest absolute Gasteiger partial charge is 0.136 e. The maximum atomic E-state index is 6.45. The van der Waals surface area contributed by atoms with E-state index in [1.807, 2.05) is 0 Å². The highest BCUT2D eigenvalue weighted by atomic mass is 16.3. The van der Waals surface area contributed by atoms with E-state index in [2.05, 4.69) is 205 Å². The van der Waals surface area contributed by atoms with Crippen LogP contribution in [0.25, 0.3) is 76.9 Å². The molecule has 0 N–H and O–H groups in total. The van der Waals surface area contributed by atoms with Crippen molar-refractivity contribution in [2.24, 2.45) is 0 Å². The molecule has 0 radical (unpaired) electrons. The Kier molecular flexibility index (Phi) is 7.18. The Morgan fingerprint density at radius 1 is 0.308 bits per heavy atom. The summed E-state index contributed by atoms with van der Waals surface area (Å²) in [7, 11) is 0. The van der Waals surface area contributed by atoms with Crippen molar-refractivity contribution in [3.8, 4) is 33.4 Å². The van der Waals surface area contributed by atoms with Gasteiger partial charge in [-0.3, -0.25) is 0 Å². The molecule has 0 saturated carbocycles. The zero-order chi connectivity index (χ0) is 34.4. The number of rotatable bonds is 6. The maximum Gasteiger partial charge on any atom is 0.136 e. The minimum absolute atomic E-state index is 0.892. The van der Waals surface area contributed by atoms with Crippen molar-refractivity contribution in [1.82, 2.24) is 0 Å². The van der Waals surface area contributed by atoms with Crippen LogP contribution in [-0.2, 0) is 0 Å². The summed E-state index contributed by atoms with van der Waals surface area (Å²) in [5.74, 6) is 0. The van der Waals surface area contributed by atoms with Gasteiger partial charge in [0.25, 0.3) is 0 Å². The SMILES string of the molecule is c1ccc(-c2ccc(N(c3ccc4cc(-c5ccccc5)ccc4c3)c3cccc4c3ccc3oc5ccc(-c6ccccc6)cc5c34)cc2)cc1. The highest BCUT2D eigenvalue weighted by Crippen LogP contribution is 2.44. The second-order valence-corrected chi connectivity index (χ2v) is 13.4. The molecule has 0 aliphatic carbocycles. The number of hydrogen-bond acceptors (Lipinski definition) is 2. The molecular formula is C50H33NO. The minimum Gasteiger partial charge on any atom is -0.456 e. The molecule has 10 rings (SSSR count). The van der Waals surface area contributed by atoms with Crippen molar-refractivity contribution in [1.29, 1.82) is 0 Å². The van der Waals surface area contributed by atoms with Gasteiger partial charge in [-0.2, -0.15) is 0 Å². The molecule has 0 amide bonds. The maximum absolute atomic E-state index is 6.45. The number of hydrogen-bond donors (Lipinski definition) is 0. The molecule has 2 nitrogen and oxygen atoms in total. The van der Waals surface area contributed by atoms with Crippen LogP contribution in [0.3, 0.4) is 0 Å². The summed E-state index contributed by atoms with van der Waals surface area (Å²) in [6.45, 7) is 0. The summed E-state index contributed by atoms with van der Waals surface area (Å²) in [5, 5.41) is 6.99. The zero-order valence-corrected chi connectivity index (χ0v) is 28.4. The van der Waals surface area contributed by atoms with Crippen LogP contribution in [0.5, 0.6) is 0 Å². The molecule has 0 unspecified atom stereocenters. The van der Waals surface area contributed by atoms with Gasteiger partial charge in [0.2, 0.25) is 0 Å². The van der Waals surface area contributed by atoms with Gasteiger partial charge in [-0.25, -0.2) is 0 Å². The summed E-state index contributed by atoms with van der Waals surface area (Å²) in [5.41, 5.74) is 12.3. The third kappa shape index (κ3) is 5.21. The third-order valence-corrected chi connectivity index (χ3v) is 10.2. The standard InChI is InChI=1S/C50H33NO/c1-4-11-34(12-5-1)37-21-25-42(26-22-37)51(43-27-23-39-31-38(19-20-40(39)32-43)35-13-6-2-7-14-35)47-18-10-17-45-44(47)28-30-49-50(45)46-33-41(24-29-48(46)52-49)36-15-8-3-9-16-36/h1-33H. The second kappa shape index (κ2) is 12.5. The van der Waals surface area contributed by atoms with Crippen LogP contribution in [0, 0.1) is 0 Å². The molecule has 52 heavy (non-hydrogen) atoms. The molecule has 0 aliphatic rings. The van der Waals surface area contributed by atoms with Gasteiger partial charge >= 0.3 is 0 Å². The van der Waals surface area contributed by atoms with Gasteiger partial charge in [0, 0.05) is 27.5 Å². The second-order valence-electron chi connectivity index (χ2n) is 13.4. The van der Waals surface area contributed by atoms with E-state index in [1.165, 1.54) is 44.2 Å². The number of anilines is 3. The minimum atomic E-state index is 0.892. The molecule has 1 aromatic heterocycles. The van der Waals surface area contributed by atoms with Crippen LogP contribution in [0.2, 0.25) is 0 Å². The summed E-state index contributed by atoms with van der Waals surface area (Å²) >= 11 is 0. The van der Waals surface area contributed by atoms with E-state index in [0.29, 0.717) is 0 Å². The Labute approximate surface area is 302 Å². The van der Waals surface area contributed by atoms with E-state index >= 15 is 0 Å². The highest BCUT2D eigenvalue weighted by Gasteiger charge is 2.19. The van der Waals surface area contributed by atoms with Gasteiger partial charge in [0.1, 0.15) is 11.2 Å². The molecule has 0 saturated heterocycles.